The molecule has 4 aromatic rings. The summed E-state index contributed by atoms with van der Waals surface area (Å²) in [6.07, 6.45) is -4.20. The number of aromatic nitrogens is 3. The number of rotatable bonds is 8. The summed E-state index contributed by atoms with van der Waals surface area (Å²) < 4.78 is 42.5. The van der Waals surface area contributed by atoms with Crippen LogP contribution in [0.1, 0.15) is 36.5 Å². The quantitative estimate of drug-likeness (QED) is 0.220. The number of alkyl halides is 3. The van der Waals surface area contributed by atoms with Crippen LogP contribution in [0.15, 0.2) is 78.0 Å². The lowest BCUT2D eigenvalue weighted by atomic mass is 9.99. The summed E-state index contributed by atoms with van der Waals surface area (Å²) in [5, 5.41) is 4.65. The fourth-order valence-electron chi connectivity index (χ4n) is 4.39. The van der Waals surface area contributed by atoms with Crippen molar-refractivity contribution in [1.82, 2.24) is 20.2 Å². The largest absolute Gasteiger partial charge is 0.573 e. The number of nitrogens with zero attached hydrogens (tertiary/aromatic N) is 5. The van der Waals surface area contributed by atoms with Crippen molar-refractivity contribution in [2.75, 3.05) is 10.7 Å². The molecule has 1 aliphatic heterocycles. The summed E-state index contributed by atoms with van der Waals surface area (Å²) in [6.45, 7) is 6.20. The molecule has 3 aromatic carbocycles. The van der Waals surface area contributed by atoms with Crippen molar-refractivity contribution >= 4 is 34.6 Å². The fourth-order valence-corrected chi connectivity index (χ4v) is 5.24. The van der Waals surface area contributed by atoms with Crippen LogP contribution in [0, 0.1) is 6.92 Å². The van der Waals surface area contributed by atoms with Crippen molar-refractivity contribution in [2.45, 2.75) is 39.6 Å². The van der Waals surface area contributed by atoms with E-state index in [1.54, 1.807) is 24.3 Å². The molecule has 1 aromatic heterocycles. The van der Waals surface area contributed by atoms with E-state index < -0.39 is 12.5 Å². The molecule has 1 N–H and O–H groups in total. The van der Waals surface area contributed by atoms with Gasteiger partial charge >= 0.3 is 12.5 Å². The molecular formula is C30H27F3N6O4S. The highest BCUT2D eigenvalue weighted by molar-refractivity contribution is 8.15. The number of hydroxylamine groups is 1. The van der Waals surface area contributed by atoms with Crippen LogP contribution in [0.5, 0.6) is 5.75 Å². The Morgan fingerprint density at radius 2 is 1.82 bits per heavy atom. The number of amides is 2. The Morgan fingerprint density at radius 1 is 1.09 bits per heavy atom. The maximum absolute atomic E-state index is 12.7. The van der Waals surface area contributed by atoms with Crippen LogP contribution in [0.25, 0.3) is 17.1 Å². The Hall–Kier alpha value is -4.69. The molecular weight excluding hydrogens is 597 g/mol. The molecule has 0 bridgehead atoms. The maximum atomic E-state index is 12.7. The predicted molar refractivity (Wildman–Crippen MR) is 159 cm³/mol. The molecule has 1 fully saturated rings. The van der Waals surface area contributed by atoms with Gasteiger partial charge in [-0.1, -0.05) is 62.0 Å². The lowest BCUT2D eigenvalue weighted by Crippen LogP contribution is -2.31. The minimum absolute atomic E-state index is 0.158. The van der Waals surface area contributed by atoms with Gasteiger partial charge in [-0.25, -0.2) is 14.5 Å². The zero-order chi connectivity index (χ0) is 31.4. The molecule has 0 radical (unpaired) electrons. The van der Waals surface area contributed by atoms with Gasteiger partial charge in [-0.2, -0.15) is 0 Å². The van der Waals surface area contributed by atoms with E-state index in [9.17, 15) is 22.8 Å². The number of hydrogen-bond acceptors (Lipinski definition) is 8. The maximum Gasteiger partial charge on any atom is 0.573 e. The lowest BCUT2D eigenvalue weighted by Gasteiger charge is -2.22. The zero-order valence-corrected chi connectivity index (χ0v) is 24.6. The van der Waals surface area contributed by atoms with Gasteiger partial charge in [0, 0.05) is 5.56 Å². The molecule has 1 aliphatic rings. The highest BCUT2D eigenvalue weighted by atomic mass is 32.2. The Kier molecular flexibility index (Phi) is 9.01. The second-order valence-electron chi connectivity index (χ2n) is 10.1. The van der Waals surface area contributed by atoms with E-state index in [1.807, 2.05) is 39.0 Å². The standard InChI is InChI=1S/C30H27F3N6O4S/c1-18(2)24-13-4-19(3)14-25(24)39-26(40)16-44-28(39)36-29(41)43-35-15-20-5-7-21(8-6-20)27-34-17-38(37-27)22-9-11-23(12-10-22)42-30(31,32)33/h4-14,17-18,35H,15-16H2,1-3H3/b36-28-. The van der Waals surface area contributed by atoms with Crippen molar-refractivity contribution in [2.24, 2.45) is 4.99 Å². The molecule has 2 heterocycles. The zero-order valence-electron chi connectivity index (χ0n) is 23.8. The van der Waals surface area contributed by atoms with Crippen molar-refractivity contribution in [3.63, 3.8) is 0 Å². The van der Waals surface area contributed by atoms with Gasteiger partial charge in [0.2, 0.25) is 5.91 Å². The van der Waals surface area contributed by atoms with Crippen LogP contribution in [0.3, 0.4) is 0 Å². The first-order valence-electron chi connectivity index (χ1n) is 13.4. The van der Waals surface area contributed by atoms with Gasteiger partial charge in [-0.3, -0.25) is 9.69 Å². The average Bonchev–Trinajstić information content (AvgIpc) is 3.60. The topological polar surface area (TPSA) is 111 Å². The van der Waals surface area contributed by atoms with Gasteiger partial charge in [0.1, 0.15) is 12.1 Å². The van der Waals surface area contributed by atoms with Gasteiger partial charge in [-0.05, 0) is 59.9 Å². The van der Waals surface area contributed by atoms with E-state index in [0.717, 1.165) is 16.7 Å². The fraction of sp³-hybridized carbons (Fsp3) is 0.233. The number of aryl methyl sites for hydroxylation is 1. The molecule has 14 heteroatoms. The highest BCUT2D eigenvalue weighted by Crippen LogP contribution is 2.34. The number of amidine groups is 1. The van der Waals surface area contributed by atoms with Gasteiger partial charge in [0.25, 0.3) is 0 Å². The summed E-state index contributed by atoms with van der Waals surface area (Å²) in [4.78, 5) is 40.1. The number of halogens is 3. The number of hydrogen-bond donors (Lipinski definition) is 1. The van der Waals surface area contributed by atoms with Gasteiger partial charge < -0.3 is 9.57 Å². The number of ether oxygens (including phenoxy) is 1. The number of aliphatic imine (C=N–C) groups is 1. The number of benzene rings is 3. The monoisotopic (exact) mass is 624 g/mol. The summed E-state index contributed by atoms with van der Waals surface area (Å²) in [7, 11) is 0. The third-order valence-corrected chi connectivity index (χ3v) is 7.40. The Bertz CT molecular complexity index is 1690. The van der Waals surface area contributed by atoms with Crippen molar-refractivity contribution < 1.29 is 32.3 Å². The molecule has 5 rings (SSSR count). The number of thioether (sulfide) groups is 1. The molecule has 0 saturated carbocycles. The minimum Gasteiger partial charge on any atom is -0.406 e. The molecule has 0 spiro atoms. The first-order valence-corrected chi connectivity index (χ1v) is 14.4. The predicted octanol–water partition coefficient (Wildman–Crippen LogP) is 6.54. The minimum atomic E-state index is -4.77. The second kappa shape index (κ2) is 12.9. The first kappa shape index (κ1) is 30.8. The third kappa shape index (κ3) is 7.44. The van der Waals surface area contributed by atoms with Crippen molar-refractivity contribution in [1.29, 1.82) is 0 Å². The van der Waals surface area contributed by atoms with Crippen molar-refractivity contribution in [3.05, 3.63) is 89.7 Å². The van der Waals surface area contributed by atoms with Crippen molar-refractivity contribution in [3.8, 4) is 22.8 Å². The summed E-state index contributed by atoms with van der Waals surface area (Å²) >= 11 is 1.18. The molecule has 44 heavy (non-hydrogen) atoms. The smallest absolute Gasteiger partial charge is 0.406 e. The Morgan fingerprint density at radius 3 is 2.50 bits per heavy atom. The SMILES string of the molecule is Cc1ccc(C(C)C)c(N2C(=O)CS/C2=N\C(=O)ONCc2ccc(-c3ncn(-c4ccc(OC(F)(F)F)cc4)n3)cc2)c1. The number of carbonyl (C=O) groups is 2. The van der Waals surface area contributed by atoms with E-state index in [0.29, 0.717) is 22.8 Å². The summed E-state index contributed by atoms with van der Waals surface area (Å²) in [5.41, 5.74) is 7.27. The van der Waals surface area contributed by atoms with Gasteiger partial charge in [0.05, 0.1) is 23.7 Å². The second-order valence-corrected chi connectivity index (χ2v) is 11.0. The van der Waals surface area contributed by atoms with E-state index in [2.05, 4.69) is 25.3 Å². The molecule has 0 aliphatic carbocycles. The Balaban J connectivity index is 1.17. The van der Waals surface area contributed by atoms with Crippen LogP contribution >= 0.6 is 11.8 Å². The molecule has 0 unspecified atom stereocenters. The molecule has 2 amide bonds. The lowest BCUT2D eigenvalue weighted by molar-refractivity contribution is -0.274. The number of carbonyl (C=O) groups excluding carboxylic acids is 2. The van der Waals surface area contributed by atoms with Crippen LogP contribution in [0.2, 0.25) is 0 Å². The van der Waals surface area contributed by atoms with E-state index in [4.69, 9.17) is 4.84 Å². The van der Waals surface area contributed by atoms with Gasteiger partial charge in [0.15, 0.2) is 11.0 Å². The Labute approximate surface area is 254 Å². The van der Waals surface area contributed by atoms with E-state index in [-0.39, 0.29) is 35.0 Å². The first-order chi connectivity index (χ1) is 21.0. The van der Waals surface area contributed by atoms with E-state index in [1.165, 1.54) is 51.9 Å². The van der Waals surface area contributed by atoms with Crippen LogP contribution in [-0.4, -0.2) is 44.0 Å². The average molecular weight is 625 g/mol. The molecule has 228 valence electrons. The molecule has 0 atom stereocenters. The van der Waals surface area contributed by atoms with Crippen LogP contribution < -0.4 is 15.1 Å². The molecule has 10 nitrogen and oxygen atoms in total. The summed E-state index contributed by atoms with van der Waals surface area (Å²) in [6, 6.07) is 18.3. The number of nitrogens with one attached hydrogen (secondary N) is 1. The highest BCUT2D eigenvalue weighted by Gasteiger charge is 2.33. The third-order valence-electron chi connectivity index (χ3n) is 6.48. The van der Waals surface area contributed by atoms with Gasteiger partial charge in [-0.15, -0.1) is 28.7 Å². The van der Waals surface area contributed by atoms with Crippen LogP contribution in [-0.2, 0) is 16.2 Å². The molecule has 1 saturated heterocycles. The number of anilines is 1. The van der Waals surface area contributed by atoms with E-state index >= 15 is 0 Å². The van der Waals surface area contributed by atoms with Crippen LogP contribution in [0.4, 0.5) is 23.7 Å². The summed E-state index contributed by atoms with van der Waals surface area (Å²) in [5.74, 6) is 0.257. The normalized spacial score (nSPS) is 14.5.